The highest BCUT2D eigenvalue weighted by atomic mass is 32.2. The lowest BCUT2D eigenvalue weighted by Gasteiger charge is -2.21. The number of aromatic nitrogens is 2. The third-order valence-electron chi connectivity index (χ3n) is 3.99. The Morgan fingerprint density at radius 3 is 2.36 bits per heavy atom. The van der Waals surface area contributed by atoms with Crippen molar-refractivity contribution in [2.75, 3.05) is 35.3 Å². The Morgan fingerprint density at radius 2 is 1.73 bits per heavy atom. The molecule has 0 unspecified atom stereocenters. The van der Waals surface area contributed by atoms with Crippen molar-refractivity contribution in [1.29, 1.82) is 0 Å². The second-order valence-corrected chi connectivity index (χ2v) is 10.6. The maximum absolute atomic E-state index is 12.5. The Bertz CT molecular complexity index is 1200. The van der Waals surface area contributed by atoms with Crippen LogP contribution in [0.25, 0.3) is 0 Å². The number of anilines is 2. The highest BCUT2D eigenvalue weighted by Gasteiger charge is 2.22. The molecule has 1 amide bonds. The number of hydrogen-bond acceptors (Lipinski definition) is 10. The molecule has 0 aliphatic carbocycles. The number of thioether (sulfide) groups is 1. The monoisotopic (exact) mass is 508 g/mol. The first kappa shape index (κ1) is 24.5. The normalized spacial score (nSPS) is 11.0. The Hall–Kier alpha value is -3.16. The average molecular weight is 509 g/mol. The molecule has 0 saturated heterocycles. The largest absolute Gasteiger partial charge is 0.468 e. The van der Waals surface area contributed by atoms with E-state index < -0.39 is 28.4 Å². The minimum Gasteiger partial charge on any atom is -0.468 e. The Balaban J connectivity index is 1.64. The molecule has 10 nitrogen and oxygen atoms in total. The van der Waals surface area contributed by atoms with Crippen LogP contribution in [0, 0.1) is 0 Å². The third kappa shape index (κ3) is 7.44. The molecule has 0 fully saturated rings. The van der Waals surface area contributed by atoms with E-state index in [4.69, 9.17) is 4.74 Å². The van der Waals surface area contributed by atoms with Crippen molar-refractivity contribution in [1.82, 2.24) is 10.2 Å². The van der Waals surface area contributed by atoms with Crippen LogP contribution in [0.2, 0.25) is 0 Å². The van der Waals surface area contributed by atoms with Gasteiger partial charge in [-0.15, -0.1) is 10.2 Å². The van der Waals surface area contributed by atoms with Crippen LogP contribution in [-0.4, -0.2) is 56.2 Å². The first-order valence-electron chi connectivity index (χ1n) is 9.38. The molecule has 174 valence electrons. The van der Waals surface area contributed by atoms with E-state index in [2.05, 4.69) is 20.3 Å². The number of carbonyl (C=O) groups excluding carboxylic acids is 2. The fraction of sp³-hybridized carbons (Fsp3) is 0.200. The molecule has 1 heterocycles. The van der Waals surface area contributed by atoms with Crippen molar-refractivity contribution >= 4 is 55.8 Å². The summed E-state index contributed by atoms with van der Waals surface area (Å²) in [6.07, 6.45) is 1.02. The molecule has 0 bridgehead atoms. The molecular formula is C20H20N4O6S3. The summed E-state index contributed by atoms with van der Waals surface area (Å²) in [4.78, 5) is 23.7. The van der Waals surface area contributed by atoms with Crippen LogP contribution in [0.5, 0.6) is 11.5 Å². The van der Waals surface area contributed by atoms with Gasteiger partial charge in [0.25, 0.3) is 0 Å². The minimum atomic E-state index is -3.75. The molecule has 3 aromatic rings. The molecule has 0 saturated carbocycles. The van der Waals surface area contributed by atoms with Gasteiger partial charge in [-0.3, -0.25) is 19.2 Å². The Morgan fingerprint density at radius 1 is 1.06 bits per heavy atom. The second kappa shape index (κ2) is 11.1. The number of nitrogens with zero attached hydrogens (tertiary/aromatic N) is 3. The topological polar surface area (TPSA) is 128 Å². The van der Waals surface area contributed by atoms with Crippen LogP contribution in [0.4, 0.5) is 10.8 Å². The van der Waals surface area contributed by atoms with Crippen LogP contribution in [0.3, 0.4) is 0 Å². The predicted molar refractivity (Wildman–Crippen MR) is 126 cm³/mol. The highest BCUT2D eigenvalue weighted by Crippen LogP contribution is 2.27. The highest BCUT2D eigenvalue weighted by molar-refractivity contribution is 8.01. The smallest absolute Gasteiger partial charge is 0.316 e. The van der Waals surface area contributed by atoms with Gasteiger partial charge in [-0.05, 0) is 36.4 Å². The van der Waals surface area contributed by atoms with Gasteiger partial charge in [0, 0.05) is 0 Å². The Labute approximate surface area is 199 Å². The molecule has 0 aliphatic rings. The second-order valence-electron chi connectivity index (χ2n) is 6.46. The van der Waals surface area contributed by atoms with Gasteiger partial charge in [0.15, 0.2) is 4.34 Å². The van der Waals surface area contributed by atoms with Gasteiger partial charge in [-0.25, -0.2) is 8.42 Å². The summed E-state index contributed by atoms with van der Waals surface area (Å²) in [5.74, 6) is 0.222. The van der Waals surface area contributed by atoms with Crippen LogP contribution in [0.1, 0.15) is 0 Å². The molecule has 0 spiro atoms. The zero-order chi connectivity index (χ0) is 23.8. The molecule has 13 heteroatoms. The number of ether oxygens (including phenoxy) is 2. The summed E-state index contributed by atoms with van der Waals surface area (Å²) in [5.41, 5.74) is 0.305. The summed E-state index contributed by atoms with van der Waals surface area (Å²) in [7, 11) is -2.47. The number of nitrogens with one attached hydrogen (secondary N) is 1. The van der Waals surface area contributed by atoms with Crippen LogP contribution in [-0.2, 0) is 24.3 Å². The fourth-order valence-electron chi connectivity index (χ4n) is 2.49. The summed E-state index contributed by atoms with van der Waals surface area (Å²) < 4.78 is 36.3. The first-order valence-corrected chi connectivity index (χ1v) is 13.0. The fourth-order valence-corrected chi connectivity index (χ4v) is 4.95. The summed E-state index contributed by atoms with van der Waals surface area (Å²) in [5, 5.41) is 10.4. The average Bonchev–Trinajstić information content (AvgIpc) is 3.23. The van der Waals surface area contributed by atoms with Gasteiger partial charge in [-0.1, -0.05) is 41.3 Å². The van der Waals surface area contributed by atoms with E-state index in [9.17, 15) is 18.0 Å². The quantitative estimate of drug-likeness (QED) is 0.250. The SMILES string of the molecule is COC(=O)CSc1nnc(NC(=O)CN(c2ccc(Oc3ccccc3)cc2)S(C)(=O)=O)s1. The van der Waals surface area contributed by atoms with Gasteiger partial charge in [0.1, 0.15) is 18.0 Å². The number of carbonyl (C=O) groups is 2. The number of para-hydroxylation sites is 1. The van der Waals surface area contributed by atoms with E-state index >= 15 is 0 Å². The summed E-state index contributed by atoms with van der Waals surface area (Å²) >= 11 is 2.18. The van der Waals surface area contributed by atoms with E-state index in [0.717, 1.165) is 33.7 Å². The molecule has 0 atom stereocenters. The van der Waals surface area contributed by atoms with E-state index in [1.807, 2.05) is 18.2 Å². The van der Waals surface area contributed by atoms with E-state index in [-0.39, 0.29) is 10.9 Å². The van der Waals surface area contributed by atoms with Gasteiger partial charge in [-0.2, -0.15) is 0 Å². The van der Waals surface area contributed by atoms with Crippen molar-refractivity contribution in [3.05, 3.63) is 54.6 Å². The predicted octanol–water partition coefficient (Wildman–Crippen LogP) is 3.00. The molecule has 3 rings (SSSR count). The summed E-state index contributed by atoms with van der Waals surface area (Å²) in [6.45, 7) is -0.456. The third-order valence-corrected chi connectivity index (χ3v) is 7.07. The van der Waals surface area contributed by atoms with Crippen molar-refractivity contribution in [3.63, 3.8) is 0 Å². The molecule has 1 aromatic heterocycles. The van der Waals surface area contributed by atoms with Crippen molar-refractivity contribution in [2.45, 2.75) is 4.34 Å². The minimum absolute atomic E-state index is 0.0604. The number of esters is 1. The zero-order valence-electron chi connectivity index (χ0n) is 17.6. The van der Waals surface area contributed by atoms with Gasteiger partial charge < -0.3 is 9.47 Å². The first-order chi connectivity index (χ1) is 15.7. The standard InChI is InChI=1S/C20H20N4O6S3/c1-29-18(26)13-31-20-23-22-19(32-20)21-17(25)12-24(33(2,27)28)14-8-10-16(11-9-14)30-15-6-4-3-5-7-15/h3-11H,12-13H2,1-2H3,(H,21,22,25). The number of rotatable bonds is 10. The number of amides is 1. The maximum atomic E-state index is 12.5. The lowest BCUT2D eigenvalue weighted by molar-refractivity contribution is -0.137. The van der Waals surface area contributed by atoms with Gasteiger partial charge in [0.05, 0.1) is 24.8 Å². The van der Waals surface area contributed by atoms with Crippen LogP contribution < -0.4 is 14.4 Å². The van der Waals surface area contributed by atoms with E-state index in [1.54, 1.807) is 36.4 Å². The number of hydrogen-bond donors (Lipinski definition) is 1. The zero-order valence-corrected chi connectivity index (χ0v) is 20.1. The van der Waals surface area contributed by atoms with Crippen LogP contribution >= 0.6 is 23.1 Å². The van der Waals surface area contributed by atoms with E-state index in [1.165, 1.54) is 7.11 Å². The molecule has 0 aliphatic heterocycles. The molecule has 33 heavy (non-hydrogen) atoms. The molecule has 0 radical (unpaired) electrons. The van der Waals surface area contributed by atoms with Gasteiger partial charge >= 0.3 is 5.97 Å². The molecular weight excluding hydrogens is 488 g/mol. The number of benzene rings is 2. The molecule has 1 N–H and O–H groups in total. The maximum Gasteiger partial charge on any atom is 0.316 e. The van der Waals surface area contributed by atoms with Gasteiger partial charge in [0.2, 0.25) is 21.1 Å². The van der Waals surface area contributed by atoms with Crippen molar-refractivity contribution < 1.29 is 27.5 Å². The number of methoxy groups -OCH3 is 1. The Kier molecular flexibility index (Phi) is 8.25. The summed E-state index contributed by atoms with van der Waals surface area (Å²) in [6, 6.07) is 15.5. The van der Waals surface area contributed by atoms with E-state index in [0.29, 0.717) is 21.5 Å². The van der Waals surface area contributed by atoms with Crippen LogP contribution in [0.15, 0.2) is 58.9 Å². The van der Waals surface area contributed by atoms with Crippen molar-refractivity contribution in [3.8, 4) is 11.5 Å². The van der Waals surface area contributed by atoms with Crippen molar-refractivity contribution in [2.24, 2.45) is 0 Å². The molecule has 2 aromatic carbocycles. The lowest BCUT2D eigenvalue weighted by atomic mass is 10.3. The lowest BCUT2D eigenvalue weighted by Crippen LogP contribution is -2.37. The number of sulfonamides is 1.